The number of nitrogens with zero attached hydrogens (tertiary/aromatic N) is 1. The fourth-order valence-corrected chi connectivity index (χ4v) is 2.22. The molecule has 1 aromatic rings. The molecule has 1 saturated heterocycles. The van der Waals surface area contributed by atoms with Crippen molar-refractivity contribution in [3.8, 4) is 5.75 Å². The highest BCUT2D eigenvalue weighted by Crippen LogP contribution is 2.13. The Morgan fingerprint density at radius 1 is 1.00 bits per heavy atom. The van der Waals surface area contributed by atoms with Crippen molar-refractivity contribution in [2.75, 3.05) is 19.9 Å². The topological polar surface area (TPSA) is 40.2 Å². The molecule has 1 fully saturated rings. The molecule has 1 aliphatic heterocycles. The molecule has 2 rings (SSSR count). The van der Waals surface area contributed by atoms with Crippen LogP contribution in [0.15, 0.2) is 30.3 Å². The van der Waals surface area contributed by atoms with Crippen LogP contribution in [0.5, 0.6) is 5.75 Å². The highest BCUT2D eigenvalue weighted by Gasteiger charge is 2.13. The van der Waals surface area contributed by atoms with E-state index in [4.69, 9.17) is 19.0 Å². The van der Waals surface area contributed by atoms with Crippen molar-refractivity contribution in [1.82, 2.24) is 5.06 Å². The quantitative estimate of drug-likeness (QED) is 0.689. The van der Waals surface area contributed by atoms with Crippen LogP contribution in [0.4, 0.5) is 0 Å². The Morgan fingerprint density at radius 2 is 1.71 bits per heavy atom. The first kappa shape index (κ1) is 16.2. The summed E-state index contributed by atoms with van der Waals surface area (Å²) in [6.45, 7) is 5.85. The molecule has 0 aliphatic carbocycles. The second-order valence-corrected chi connectivity index (χ2v) is 5.11. The summed E-state index contributed by atoms with van der Waals surface area (Å²) in [5.74, 6) is 0.779. The minimum absolute atomic E-state index is 0.208. The molecule has 1 aromatic carbocycles. The maximum Gasteiger partial charge on any atom is 0.199 e. The minimum atomic E-state index is -0.381. The summed E-state index contributed by atoms with van der Waals surface area (Å²) in [6.07, 6.45) is 2.90. The Hall–Kier alpha value is -1.14. The fourth-order valence-electron chi connectivity index (χ4n) is 2.22. The van der Waals surface area contributed by atoms with E-state index in [9.17, 15) is 0 Å². The van der Waals surface area contributed by atoms with E-state index in [-0.39, 0.29) is 19.4 Å². The molecule has 0 spiro atoms. The number of benzene rings is 1. The second kappa shape index (κ2) is 9.00. The first-order chi connectivity index (χ1) is 10.2. The molecule has 0 saturated carbocycles. The van der Waals surface area contributed by atoms with Gasteiger partial charge in [0.05, 0.1) is 0 Å². The van der Waals surface area contributed by atoms with E-state index in [1.807, 2.05) is 49.2 Å². The van der Waals surface area contributed by atoms with Crippen LogP contribution >= 0.6 is 0 Å². The molecule has 0 amide bonds. The van der Waals surface area contributed by atoms with E-state index in [0.29, 0.717) is 0 Å². The van der Waals surface area contributed by atoms with Crippen LogP contribution in [0.3, 0.4) is 0 Å². The van der Waals surface area contributed by atoms with Gasteiger partial charge in [0.15, 0.2) is 19.4 Å². The molecule has 21 heavy (non-hydrogen) atoms. The van der Waals surface area contributed by atoms with Crippen LogP contribution in [0.25, 0.3) is 0 Å². The highest BCUT2D eigenvalue weighted by molar-refractivity contribution is 5.20. The van der Waals surface area contributed by atoms with E-state index in [1.165, 1.54) is 19.3 Å². The molecule has 0 bridgehead atoms. The van der Waals surface area contributed by atoms with Gasteiger partial charge in [0.25, 0.3) is 0 Å². The average molecular weight is 295 g/mol. The van der Waals surface area contributed by atoms with Crippen molar-refractivity contribution >= 4 is 0 Å². The first-order valence-corrected chi connectivity index (χ1v) is 7.60. The smallest absolute Gasteiger partial charge is 0.199 e. The first-order valence-electron chi connectivity index (χ1n) is 7.60. The maximum absolute atomic E-state index is 5.63. The lowest BCUT2D eigenvalue weighted by Crippen LogP contribution is -2.32. The van der Waals surface area contributed by atoms with Gasteiger partial charge in [-0.2, -0.15) is 5.06 Å². The summed E-state index contributed by atoms with van der Waals surface area (Å²) in [4.78, 5) is 5.54. The monoisotopic (exact) mass is 295 g/mol. The number of hydrogen-bond acceptors (Lipinski definition) is 5. The van der Waals surface area contributed by atoms with Gasteiger partial charge in [-0.25, -0.2) is 0 Å². The normalized spacial score (nSPS) is 19.1. The van der Waals surface area contributed by atoms with E-state index in [2.05, 4.69) is 0 Å². The summed E-state index contributed by atoms with van der Waals surface area (Å²) >= 11 is 0. The molecule has 0 aromatic heterocycles. The lowest BCUT2D eigenvalue weighted by atomic mass is 10.2. The molecule has 118 valence electrons. The van der Waals surface area contributed by atoms with E-state index in [0.717, 1.165) is 18.8 Å². The van der Waals surface area contributed by atoms with Gasteiger partial charge in [-0.1, -0.05) is 24.6 Å². The van der Waals surface area contributed by atoms with Crippen molar-refractivity contribution in [2.45, 2.75) is 45.7 Å². The third kappa shape index (κ3) is 6.44. The van der Waals surface area contributed by atoms with E-state index >= 15 is 0 Å². The van der Waals surface area contributed by atoms with Gasteiger partial charge in [-0.15, -0.1) is 0 Å². The van der Waals surface area contributed by atoms with Gasteiger partial charge in [0.2, 0.25) is 0 Å². The molecular formula is C16H25NO4. The van der Waals surface area contributed by atoms with Crippen molar-refractivity contribution < 1.29 is 19.0 Å². The van der Waals surface area contributed by atoms with Gasteiger partial charge in [0.1, 0.15) is 5.75 Å². The number of para-hydroxylation sites is 1. The van der Waals surface area contributed by atoms with Gasteiger partial charge >= 0.3 is 0 Å². The summed E-state index contributed by atoms with van der Waals surface area (Å²) in [6, 6.07) is 9.58. The molecule has 2 atom stereocenters. The largest absolute Gasteiger partial charge is 0.465 e. The molecular weight excluding hydrogens is 270 g/mol. The summed E-state index contributed by atoms with van der Waals surface area (Å²) in [5.41, 5.74) is 0. The lowest BCUT2D eigenvalue weighted by molar-refractivity contribution is -0.288. The number of hydroxylamine groups is 2. The van der Waals surface area contributed by atoms with Crippen molar-refractivity contribution in [2.24, 2.45) is 0 Å². The van der Waals surface area contributed by atoms with Crippen molar-refractivity contribution in [3.63, 3.8) is 0 Å². The van der Waals surface area contributed by atoms with Gasteiger partial charge in [-0.3, -0.25) is 4.84 Å². The Kier molecular flexibility index (Phi) is 6.95. The SMILES string of the molecule is CC(OCON1CCCCC1)OC(C)Oc1ccccc1. The number of piperidine rings is 1. The molecule has 0 radical (unpaired) electrons. The van der Waals surface area contributed by atoms with E-state index < -0.39 is 0 Å². The van der Waals surface area contributed by atoms with Crippen LogP contribution in [0, 0.1) is 0 Å². The maximum atomic E-state index is 5.63. The summed E-state index contributed by atoms with van der Waals surface area (Å²) in [5, 5.41) is 1.96. The minimum Gasteiger partial charge on any atom is -0.465 e. The third-order valence-electron chi connectivity index (χ3n) is 3.28. The highest BCUT2D eigenvalue weighted by atomic mass is 16.8. The number of ether oxygens (including phenoxy) is 3. The van der Waals surface area contributed by atoms with Gasteiger partial charge < -0.3 is 14.2 Å². The van der Waals surface area contributed by atoms with Crippen molar-refractivity contribution in [1.29, 1.82) is 0 Å². The van der Waals surface area contributed by atoms with Gasteiger partial charge in [0, 0.05) is 13.1 Å². The van der Waals surface area contributed by atoms with E-state index in [1.54, 1.807) is 0 Å². The second-order valence-electron chi connectivity index (χ2n) is 5.11. The fraction of sp³-hybridized carbons (Fsp3) is 0.625. The Balaban J connectivity index is 1.58. The van der Waals surface area contributed by atoms with Crippen LogP contribution in [0.2, 0.25) is 0 Å². The molecule has 1 heterocycles. The van der Waals surface area contributed by atoms with Crippen LogP contribution < -0.4 is 4.74 Å². The van der Waals surface area contributed by atoms with Crippen LogP contribution in [-0.2, 0) is 14.3 Å². The summed E-state index contributed by atoms with van der Waals surface area (Å²) in [7, 11) is 0. The zero-order valence-corrected chi connectivity index (χ0v) is 12.9. The zero-order valence-electron chi connectivity index (χ0n) is 12.9. The Morgan fingerprint density at radius 3 is 2.43 bits per heavy atom. The molecule has 1 aliphatic rings. The molecule has 5 heteroatoms. The predicted molar refractivity (Wildman–Crippen MR) is 79.5 cm³/mol. The van der Waals surface area contributed by atoms with Crippen LogP contribution in [0.1, 0.15) is 33.1 Å². The third-order valence-corrected chi connectivity index (χ3v) is 3.28. The van der Waals surface area contributed by atoms with Crippen LogP contribution in [-0.4, -0.2) is 37.5 Å². The average Bonchev–Trinajstić information content (AvgIpc) is 2.49. The molecule has 2 unspecified atom stereocenters. The van der Waals surface area contributed by atoms with Crippen molar-refractivity contribution in [3.05, 3.63) is 30.3 Å². The number of rotatable bonds is 8. The van der Waals surface area contributed by atoms with Gasteiger partial charge in [-0.05, 0) is 38.8 Å². The standard InChI is InChI=1S/C16H25NO4/c1-14(18-13-19-17-11-7-4-8-12-17)20-15(2)21-16-9-5-3-6-10-16/h3,5-6,9-10,14-15H,4,7-8,11-13H2,1-2H3. The predicted octanol–water partition coefficient (Wildman–Crippen LogP) is 3.17. The summed E-state index contributed by atoms with van der Waals surface area (Å²) < 4.78 is 16.7. The molecule has 0 N–H and O–H groups in total. The Labute approximate surface area is 126 Å². The lowest BCUT2D eigenvalue weighted by Gasteiger charge is -2.26. The Bertz CT molecular complexity index is 381. The molecule has 5 nitrogen and oxygen atoms in total. The zero-order chi connectivity index (χ0) is 14.9. The number of hydrogen-bond donors (Lipinski definition) is 0.